The van der Waals surface area contributed by atoms with Crippen LogP contribution in [-0.4, -0.2) is 11.8 Å². The molecule has 0 aliphatic rings. The van der Waals surface area contributed by atoms with Crippen LogP contribution in [0.5, 0.6) is 0 Å². The molecule has 0 aliphatic heterocycles. The Morgan fingerprint density at radius 3 is 2.53 bits per heavy atom. The van der Waals surface area contributed by atoms with E-state index in [1.165, 1.54) is 17.6 Å². The van der Waals surface area contributed by atoms with E-state index in [9.17, 15) is 9.59 Å². The highest BCUT2D eigenvalue weighted by atomic mass is 35.5. The molecule has 0 spiro atoms. The smallest absolute Gasteiger partial charge is 0.291 e. The molecule has 3 aromatic heterocycles. The molecule has 0 aliphatic carbocycles. The van der Waals surface area contributed by atoms with E-state index >= 15 is 0 Å². The Bertz CT molecular complexity index is 1150. The standard InChI is InChI=1S/C22H17ClN2O3S2/c1-13-11-18(24-21(26)17-3-2-9-28-17)30-20(13)22(27)25-19(15-8-10-29-12-15)14-4-6-16(23)7-5-14/h2-12,19H,1H3,(H,24,26)(H,25,27). The van der Waals surface area contributed by atoms with Crippen LogP contribution in [0.4, 0.5) is 5.00 Å². The molecule has 5 nitrogen and oxygen atoms in total. The molecule has 0 radical (unpaired) electrons. The minimum atomic E-state index is -0.356. The average Bonchev–Trinajstić information content (AvgIpc) is 3.49. The fraction of sp³-hybridized carbons (Fsp3) is 0.0909. The summed E-state index contributed by atoms with van der Waals surface area (Å²) in [6.45, 7) is 1.84. The normalized spacial score (nSPS) is 11.8. The first-order chi connectivity index (χ1) is 14.5. The predicted octanol–water partition coefficient (Wildman–Crippen LogP) is 6.14. The molecule has 0 saturated heterocycles. The van der Waals surface area contributed by atoms with Crippen molar-refractivity contribution in [1.82, 2.24) is 5.32 Å². The zero-order valence-electron chi connectivity index (χ0n) is 15.8. The van der Waals surface area contributed by atoms with Gasteiger partial charge < -0.3 is 15.1 Å². The number of amides is 2. The maximum absolute atomic E-state index is 13.1. The van der Waals surface area contributed by atoms with Gasteiger partial charge in [-0.3, -0.25) is 9.59 Å². The van der Waals surface area contributed by atoms with E-state index in [-0.39, 0.29) is 23.6 Å². The van der Waals surface area contributed by atoms with Gasteiger partial charge in [0.1, 0.15) is 0 Å². The van der Waals surface area contributed by atoms with E-state index in [1.54, 1.807) is 41.7 Å². The molecule has 4 aromatic rings. The molecular formula is C22H17ClN2O3S2. The van der Waals surface area contributed by atoms with Gasteiger partial charge in [-0.05, 0) is 70.8 Å². The van der Waals surface area contributed by atoms with Crippen LogP contribution in [0.3, 0.4) is 0 Å². The molecule has 8 heteroatoms. The number of nitrogens with one attached hydrogen (secondary N) is 2. The summed E-state index contributed by atoms with van der Waals surface area (Å²) >= 11 is 8.82. The summed E-state index contributed by atoms with van der Waals surface area (Å²) in [7, 11) is 0. The van der Waals surface area contributed by atoms with Gasteiger partial charge in [-0.2, -0.15) is 11.3 Å². The van der Waals surface area contributed by atoms with Gasteiger partial charge in [0.05, 0.1) is 22.2 Å². The van der Waals surface area contributed by atoms with Crippen LogP contribution in [0.25, 0.3) is 0 Å². The van der Waals surface area contributed by atoms with Crippen LogP contribution >= 0.6 is 34.3 Å². The Kier molecular flexibility index (Phi) is 6.03. The van der Waals surface area contributed by atoms with E-state index in [4.69, 9.17) is 16.0 Å². The number of rotatable bonds is 6. The van der Waals surface area contributed by atoms with Gasteiger partial charge in [0.15, 0.2) is 5.76 Å². The van der Waals surface area contributed by atoms with E-state index in [1.807, 2.05) is 35.9 Å². The van der Waals surface area contributed by atoms with E-state index in [2.05, 4.69) is 10.6 Å². The van der Waals surface area contributed by atoms with Crippen molar-refractivity contribution in [2.75, 3.05) is 5.32 Å². The molecule has 2 amide bonds. The summed E-state index contributed by atoms with van der Waals surface area (Å²) in [6, 6.07) is 14.1. The fourth-order valence-corrected chi connectivity index (χ4v) is 4.78. The second kappa shape index (κ2) is 8.87. The van der Waals surface area contributed by atoms with Crippen LogP contribution in [0.15, 0.2) is 70.0 Å². The third-order valence-electron chi connectivity index (χ3n) is 4.46. The number of carbonyl (C=O) groups is 2. The molecule has 0 fully saturated rings. The molecule has 2 N–H and O–H groups in total. The topological polar surface area (TPSA) is 71.3 Å². The minimum Gasteiger partial charge on any atom is -0.459 e. The summed E-state index contributed by atoms with van der Waals surface area (Å²) < 4.78 is 5.11. The second-order valence-corrected chi connectivity index (χ2v) is 8.84. The van der Waals surface area contributed by atoms with E-state index in [0.717, 1.165) is 16.7 Å². The van der Waals surface area contributed by atoms with Gasteiger partial charge in [-0.1, -0.05) is 23.7 Å². The third-order valence-corrected chi connectivity index (χ3v) is 6.57. The molecule has 30 heavy (non-hydrogen) atoms. The SMILES string of the molecule is Cc1cc(NC(=O)c2ccco2)sc1C(=O)NC(c1ccc(Cl)cc1)c1ccsc1. The monoisotopic (exact) mass is 456 g/mol. The summed E-state index contributed by atoms with van der Waals surface area (Å²) in [4.78, 5) is 25.8. The van der Waals surface area contributed by atoms with Crippen molar-refractivity contribution in [3.63, 3.8) is 0 Å². The first-order valence-corrected chi connectivity index (χ1v) is 11.2. The lowest BCUT2D eigenvalue weighted by molar-refractivity contribution is 0.0945. The van der Waals surface area contributed by atoms with Crippen molar-refractivity contribution >= 4 is 51.1 Å². The van der Waals surface area contributed by atoms with Crippen LogP contribution in [0.2, 0.25) is 5.02 Å². The number of furan rings is 1. The minimum absolute atomic E-state index is 0.206. The molecule has 1 unspecified atom stereocenters. The largest absolute Gasteiger partial charge is 0.459 e. The molecule has 1 aromatic carbocycles. The second-order valence-electron chi connectivity index (χ2n) is 6.57. The number of benzene rings is 1. The first-order valence-electron chi connectivity index (χ1n) is 9.05. The average molecular weight is 457 g/mol. The van der Waals surface area contributed by atoms with Gasteiger partial charge >= 0.3 is 0 Å². The van der Waals surface area contributed by atoms with Crippen LogP contribution in [0.1, 0.15) is 43.0 Å². The quantitative estimate of drug-likeness (QED) is 0.366. The summed E-state index contributed by atoms with van der Waals surface area (Å²) in [5, 5.41) is 11.1. The van der Waals surface area contributed by atoms with Crippen molar-refractivity contribution in [3.8, 4) is 0 Å². The lowest BCUT2D eigenvalue weighted by atomic mass is 10.0. The molecule has 152 valence electrons. The van der Waals surface area contributed by atoms with Crippen LogP contribution in [0, 0.1) is 6.92 Å². The predicted molar refractivity (Wildman–Crippen MR) is 121 cm³/mol. The number of halogens is 1. The van der Waals surface area contributed by atoms with Crippen LogP contribution in [-0.2, 0) is 0 Å². The number of hydrogen-bond donors (Lipinski definition) is 2. The molecule has 0 bridgehead atoms. The highest BCUT2D eigenvalue weighted by molar-refractivity contribution is 7.18. The van der Waals surface area contributed by atoms with Gasteiger partial charge in [0, 0.05) is 5.02 Å². The van der Waals surface area contributed by atoms with Gasteiger partial charge in [0.25, 0.3) is 11.8 Å². The van der Waals surface area contributed by atoms with Gasteiger partial charge in [-0.25, -0.2) is 0 Å². The maximum Gasteiger partial charge on any atom is 0.291 e. The Hall–Kier alpha value is -2.87. The molecule has 0 saturated carbocycles. The maximum atomic E-state index is 13.1. The Balaban J connectivity index is 1.55. The lowest BCUT2D eigenvalue weighted by Gasteiger charge is -2.18. The van der Waals surface area contributed by atoms with Crippen LogP contribution < -0.4 is 10.6 Å². The van der Waals surface area contributed by atoms with Crippen molar-refractivity contribution in [1.29, 1.82) is 0 Å². The van der Waals surface area contributed by atoms with Crippen molar-refractivity contribution in [2.24, 2.45) is 0 Å². The Morgan fingerprint density at radius 1 is 1.07 bits per heavy atom. The number of anilines is 1. The van der Waals surface area contributed by atoms with Gasteiger partial charge in [-0.15, -0.1) is 11.3 Å². The third kappa shape index (κ3) is 4.48. The van der Waals surface area contributed by atoms with Crippen molar-refractivity contribution in [2.45, 2.75) is 13.0 Å². The highest BCUT2D eigenvalue weighted by Gasteiger charge is 2.22. The zero-order chi connectivity index (χ0) is 21.1. The molecule has 4 rings (SSSR count). The number of aryl methyl sites for hydroxylation is 1. The summed E-state index contributed by atoms with van der Waals surface area (Å²) in [5.41, 5.74) is 2.72. The first kappa shape index (κ1) is 20.4. The Morgan fingerprint density at radius 2 is 1.87 bits per heavy atom. The lowest BCUT2D eigenvalue weighted by Crippen LogP contribution is -2.28. The van der Waals surface area contributed by atoms with Gasteiger partial charge in [0.2, 0.25) is 0 Å². The molecule has 3 heterocycles. The van der Waals surface area contributed by atoms with E-state index in [0.29, 0.717) is 14.9 Å². The molecular weight excluding hydrogens is 440 g/mol. The van der Waals surface area contributed by atoms with E-state index < -0.39 is 0 Å². The Labute approximate surface area is 186 Å². The van der Waals surface area contributed by atoms with Crippen molar-refractivity contribution < 1.29 is 14.0 Å². The summed E-state index contributed by atoms with van der Waals surface area (Å²) in [6.07, 6.45) is 1.44. The summed E-state index contributed by atoms with van der Waals surface area (Å²) in [5.74, 6) is -0.347. The highest BCUT2D eigenvalue weighted by Crippen LogP contribution is 2.30. The fourth-order valence-electron chi connectivity index (χ4n) is 3.00. The zero-order valence-corrected chi connectivity index (χ0v) is 18.2. The number of carbonyl (C=O) groups excluding carboxylic acids is 2. The molecule has 1 atom stereocenters. The number of hydrogen-bond acceptors (Lipinski definition) is 5. The number of thiophene rings is 2. The van der Waals surface area contributed by atoms with Crippen molar-refractivity contribution in [3.05, 3.63) is 97.9 Å².